The first-order chi connectivity index (χ1) is 17.2. The normalized spacial score (nSPS) is 11.7. The lowest BCUT2D eigenvalue weighted by atomic mass is 9.85. The quantitative estimate of drug-likeness (QED) is 0.185. The first kappa shape index (κ1) is 23.8. The Bertz CT molecular complexity index is 1670. The van der Waals surface area contributed by atoms with Crippen LogP contribution in [-0.4, -0.2) is 4.98 Å². The van der Waals surface area contributed by atoms with Crippen molar-refractivity contribution in [3.63, 3.8) is 0 Å². The molecule has 36 heavy (non-hydrogen) atoms. The molecule has 6 rings (SSSR count). The van der Waals surface area contributed by atoms with Crippen molar-refractivity contribution >= 4 is 32.3 Å². The number of aromatic nitrogens is 1. The summed E-state index contributed by atoms with van der Waals surface area (Å²) in [6.45, 7) is 16.0. The molecule has 0 bridgehead atoms. The van der Waals surface area contributed by atoms with Crippen molar-refractivity contribution < 1.29 is 4.42 Å². The number of nitrogens with zero attached hydrogens (tertiary/aromatic N) is 1. The molecule has 1 aromatic heterocycles. The van der Waals surface area contributed by atoms with Gasteiger partial charge in [-0.15, -0.1) is 6.58 Å². The molecule has 0 radical (unpaired) electrons. The Morgan fingerprint density at radius 1 is 0.722 bits per heavy atom. The molecule has 0 spiro atoms. The molecular formula is C34H33NO. The van der Waals surface area contributed by atoms with Gasteiger partial charge in [0.1, 0.15) is 5.76 Å². The van der Waals surface area contributed by atoms with Crippen LogP contribution in [0.25, 0.3) is 54.9 Å². The van der Waals surface area contributed by atoms with Crippen LogP contribution < -0.4 is 0 Å². The fraction of sp³-hybridized carbons (Fsp3) is 0.206. The summed E-state index contributed by atoms with van der Waals surface area (Å²) in [7, 11) is 0. The van der Waals surface area contributed by atoms with Crippen molar-refractivity contribution in [1.82, 2.24) is 4.98 Å². The number of rotatable bonds is 2. The van der Waals surface area contributed by atoms with E-state index in [1.165, 1.54) is 49.0 Å². The van der Waals surface area contributed by atoms with E-state index in [2.05, 4.69) is 105 Å². The summed E-state index contributed by atoms with van der Waals surface area (Å²) in [5.41, 5.74) is 6.01. The van der Waals surface area contributed by atoms with Gasteiger partial charge in [0.05, 0.1) is 5.69 Å². The summed E-state index contributed by atoms with van der Waals surface area (Å²) in [6, 6.07) is 26.8. The average molecular weight is 472 g/mol. The van der Waals surface area contributed by atoms with E-state index >= 15 is 0 Å². The van der Waals surface area contributed by atoms with Crippen molar-refractivity contribution in [3.05, 3.63) is 102 Å². The first-order valence-electron chi connectivity index (χ1n) is 12.6. The van der Waals surface area contributed by atoms with Gasteiger partial charge in [-0.3, -0.25) is 0 Å². The summed E-state index contributed by atoms with van der Waals surface area (Å²) < 4.78 is 6.01. The maximum atomic E-state index is 6.01. The lowest BCUT2D eigenvalue weighted by molar-refractivity contribution is 0.541. The van der Waals surface area contributed by atoms with Crippen molar-refractivity contribution in [1.29, 1.82) is 0 Å². The minimum Gasteiger partial charge on any atom is -0.441 e. The lowest BCUT2D eigenvalue weighted by Gasteiger charge is -2.20. The van der Waals surface area contributed by atoms with Crippen LogP contribution in [0.1, 0.15) is 44.7 Å². The molecule has 5 aromatic carbocycles. The third-order valence-electron chi connectivity index (χ3n) is 6.99. The molecule has 0 saturated heterocycles. The maximum absolute atomic E-state index is 6.01. The van der Waals surface area contributed by atoms with Gasteiger partial charge in [0.25, 0.3) is 0 Å². The molecule has 0 amide bonds. The van der Waals surface area contributed by atoms with Gasteiger partial charge in [0, 0.05) is 5.56 Å². The topological polar surface area (TPSA) is 26.0 Å². The Hall–Kier alpha value is -3.91. The van der Waals surface area contributed by atoms with Crippen LogP contribution in [0.3, 0.4) is 0 Å². The number of hydrogen-bond acceptors (Lipinski definition) is 2. The zero-order valence-corrected chi connectivity index (χ0v) is 22.1. The average Bonchev–Trinajstić information content (AvgIpc) is 3.20. The molecular weight excluding hydrogens is 438 g/mol. The molecule has 0 aliphatic heterocycles. The third kappa shape index (κ3) is 3.97. The van der Waals surface area contributed by atoms with E-state index in [-0.39, 0.29) is 5.41 Å². The summed E-state index contributed by atoms with van der Waals surface area (Å²) >= 11 is 0. The number of oxazole rings is 1. The van der Waals surface area contributed by atoms with Gasteiger partial charge < -0.3 is 4.42 Å². The van der Waals surface area contributed by atoms with Gasteiger partial charge in [-0.25, -0.2) is 4.98 Å². The van der Waals surface area contributed by atoms with Crippen molar-refractivity contribution in [2.45, 2.75) is 47.0 Å². The second-order valence-corrected chi connectivity index (χ2v) is 10.5. The minimum absolute atomic E-state index is 0.147. The monoisotopic (exact) mass is 471 g/mol. The lowest BCUT2D eigenvalue weighted by Crippen LogP contribution is -2.10. The van der Waals surface area contributed by atoms with Crippen LogP contribution in [0.5, 0.6) is 0 Å². The zero-order chi connectivity index (χ0) is 25.6. The molecule has 0 aliphatic rings. The standard InChI is InChI=1S/C31H27NO.C3H6/c1-18-19(2)33-30(32-18)27-17-11-22-9-15-25-24(20-6-12-23(13-7-20)31(3,4)5)14-8-21-10-16-26(27)29(22)28(21)25;1-3-2/h6-17H,1-5H3;3H,1H2,2H3. The largest absolute Gasteiger partial charge is 0.441 e. The summed E-state index contributed by atoms with van der Waals surface area (Å²) in [5, 5.41) is 7.56. The van der Waals surface area contributed by atoms with Crippen molar-refractivity contribution in [3.8, 4) is 22.6 Å². The van der Waals surface area contributed by atoms with E-state index < -0.39 is 0 Å². The molecule has 2 nitrogen and oxygen atoms in total. The Morgan fingerprint density at radius 2 is 1.22 bits per heavy atom. The van der Waals surface area contributed by atoms with Crippen LogP contribution in [0.4, 0.5) is 0 Å². The van der Waals surface area contributed by atoms with Gasteiger partial charge in [0.15, 0.2) is 0 Å². The van der Waals surface area contributed by atoms with Crippen LogP contribution in [0.15, 0.2) is 89.9 Å². The second kappa shape index (κ2) is 8.95. The third-order valence-corrected chi connectivity index (χ3v) is 6.99. The molecule has 0 fully saturated rings. The van der Waals surface area contributed by atoms with Crippen LogP contribution in [0.2, 0.25) is 0 Å². The molecule has 0 N–H and O–H groups in total. The van der Waals surface area contributed by atoms with E-state index in [1.54, 1.807) is 6.08 Å². The van der Waals surface area contributed by atoms with Gasteiger partial charge in [0.2, 0.25) is 5.89 Å². The Kier molecular flexibility index (Phi) is 5.92. The van der Waals surface area contributed by atoms with Gasteiger partial charge >= 0.3 is 0 Å². The number of allylic oxidation sites excluding steroid dienone is 1. The van der Waals surface area contributed by atoms with Gasteiger partial charge in [-0.2, -0.15) is 0 Å². The number of hydrogen-bond donors (Lipinski definition) is 0. The molecule has 0 unspecified atom stereocenters. The smallest absolute Gasteiger partial charge is 0.227 e. The fourth-order valence-corrected chi connectivity index (χ4v) is 4.98. The van der Waals surface area contributed by atoms with Crippen molar-refractivity contribution in [2.24, 2.45) is 0 Å². The highest BCUT2D eigenvalue weighted by Crippen LogP contribution is 2.42. The zero-order valence-electron chi connectivity index (χ0n) is 22.1. The van der Waals surface area contributed by atoms with Gasteiger partial charge in [-0.1, -0.05) is 93.6 Å². The highest BCUT2D eigenvalue weighted by atomic mass is 16.4. The summed E-state index contributed by atoms with van der Waals surface area (Å²) in [4.78, 5) is 4.69. The van der Waals surface area contributed by atoms with E-state index in [0.717, 1.165) is 17.0 Å². The van der Waals surface area contributed by atoms with Gasteiger partial charge in [-0.05, 0) is 81.3 Å². The van der Waals surface area contributed by atoms with E-state index in [0.29, 0.717) is 5.89 Å². The Labute approximate surface area is 213 Å². The van der Waals surface area contributed by atoms with E-state index in [1.807, 2.05) is 20.8 Å². The van der Waals surface area contributed by atoms with E-state index in [9.17, 15) is 0 Å². The SMILES string of the molecule is C=CC.Cc1nc(-c2ccc3ccc4c(-c5ccc(C(C)(C)C)cc5)ccc5ccc2c3c54)oc1C. The molecule has 180 valence electrons. The summed E-state index contributed by atoms with van der Waals surface area (Å²) in [6.07, 6.45) is 1.75. The molecule has 2 heteroatoms. The van der Waals surface area contributed by atoms with E-state index in [4.69, 9.17) is 4.42 Å². The molecule has 0 atom stereocenters. The van der Waals surface area contributed by atoms with Crippen LogP contribution in [0, 0.1) is 13.8 Å². The highest BCUT2D eigenvalue weighted by molar-refractivity contribution is 6.27. The Morgan fingerprint density at radius 3 is 1.72 bits per heavy atom. The second-order valence-electron chi connectivity index (χ2n) is 10.5. The fourth-order valence-electron chi connectivity index (χ4n) is 4.98. The number of aryl methyl sites for hydroxylation is 2. The predicted molar refractivity (Wildman–Crippen MR) is 155 cm³/mol. The van der Waals surface area contributed by atoms with Crippen molar-refractivity contribution in [2.75, 3.05) is 0 Å². The Balaban J connectivity index is 0.000000848. The first-order valence-corrected chi connectivity index (χ1v) is 12.6. The predicted octanol–water partition coefficient (Wildman–Crippen LogP) is 10.0. The highest BCUT2D eigenvalue weighted by Gasteiger charge is 2.18. The minimum atomic E-state index is 0.147. The molecule has 6 aromatic rings. The molecule has 1 heterocycles. The van der Waals surface area contributed by atoms with Crippen LogP contribution >= 0.6 is 0 Å². The summed E-state index contributed by atoms with van der Waals surface area (Å²) in [5.74, 6) is 1.57. The van der Waals surface area contributed by atoms with Crippen LogP contribution in [-0.2, 0) is 5.41 Å². The maximum Gasteiger partial charge on any atom is 0.227 e. The number of benzene rings is 5. The molecule has 0 aliphatic carbocycles. The molecule has 0 saturated carbocycles.